The number of nitrogens with zero attached hydrogens (tertiary/aromatic N) is 2. The molecule has 1 unspecified atom stereocenters. The molecule has 0 saturated heterocycles. The quantitative estimate of drug-likeness (QED) is 0.621. The maximum absolute atomic E-state index is 13.4. The molecule has 0 radical (unpaired) electrons. The predicted octanol–water partition coefficient (Wildman–Crippen LogP) is 4.00. The molecule has 1 atom stereocenters. The smallest absolute Gasteiger partial charge is 0.414 e. The van der Waals surface area contributed by atoms with Crippen molar-refractivity contribution in [1.29, 1.82) is 0 Å². The van der Waals surface area contributed by atoms with Gasteiger partial charge < -0.3 is 19.3 Å². The summed E-state index contributed by atoms with van der Waals surface area (Å²) in [6.07, 6.45) is -3.52. The van der Waals surface area contributed by atoms with E-state index >= 15 is 0 Å². The molecule has 1 amide bonds. The highest BCUT2D eigenvalue weighted by atomic mass is 19.4. The SMILES string of the molecule is COc1cc(C)ccc1OCc1cc(C(=O)NC(c2ccccn2)C(F)(F)F)no1. The molecular weight excluding hydrogens is 403 g/mol. The standard InChI is InChI=1S/C20H18F3N3O4/c1-12-6-7-16(17(9-12)28-2)29-11-13-10-15(26-30-13)19(27)25-18(20(21,22)23)14-5-3-4-8-24-14/h3-10,18H,11H2,1-2H3,(H,25,27). The van der Waals surface area contributed by atoms with E-state index in [0.717, 1.165) is 5.56 Å². The maximum atomic E-state index is 13.4. The minimum absolute atomic E-state index is 0.0946. The Balaban J connectivity index is 1.68. The van der Waals surface area contributed by atoms with Crippen molar-refractivity contribution in [1.82, 2.24) is 15.5 Å². The van der Waals surface area contributed by atoms with Crippen LogP contribution in [0.3, 0.4) is 0 Å². The summed E-state index contributed by atoms with van der Waals surface area (Å²) in [4.78, 5) is 16.0. The number of amides is 1. The summed E-state index contributed by atoms with van der Waals surface area (Å²) in [5.41, 5.74) is 0.330. The van der Waals surface area contributed by atoms with Gasteiger partial charge in [-0.25, -0.2) is 0 Å². The van der Waals surface area contributed by atoms with E-state index in [1.165, 1.54) is 37.6 Å². The molecule has 2 heterocycles. The van der Waals surface area contributed by atoms with Gasteiger partial charge in [-0.15, -0.1) is 0 Å². The van der Waals surface area contributed by atoms with Crippen molar-refractivity contribution in [3.63, 3.8) is 0 Å². The molecule has 7 nitrogen and oxygen atoms in total. The number of aryl methyl sites for hydroxylation is 1. The second-order valence-electron chi connectivity index (χ2n) is 6.32. The molecule has 10 heteroatoms. The molecule has 0 aliphatic rings. The van der Waals surface area contributed by atoms with Crippen molar-refractivity contribution < 1.29 is 32.0 Å². The fraction of sp³-hybridized carbons (Fsp3) is 0.250. The van der Waals surface area contributed by atoms with E-state index in [2.05, 4.69) is 10.1 Å². The van der Waals surface area contributed by atoms with Gasteiger partial charge in [-0.3, -0.25) is 9.78 Å². The highest BCUT2D eigenvalue weighted by Crippen LogP contribution is 2.32. The van der Waals surface area contributed by atoms with Gasteiger partial charge in [-0.05, 0) is 36.8 Å². The van der Waals surface area contributed by atoms with Gasteiger partial charge in [0.15, 0.2) is 29.0 Å². The number of benzene rings is 1. The molecule has 3 rings (SSSR count). The number of pyridine rings is 1. The Bertz CT molecular complexity index is 1010. The summed E-state index contributed by atoms with van der Waals surface area (Å²) >= 11 is 0. The van der Waals surface area contributed by atoms with Crippen LogP contribution >= 0.6 is 0 Å². The normalized spacial score (nSPS) is 12.3. The van der Waals surface area contributed by atoms with E-state index in [1.54, 1.807) is 12.1 Å². The van der Waals surface area contributed by atoms with Crippen LogP contribution in [0.1, 0.15) is 33.5 Å². The fourth-order valence-electron chi connectivity index (χ4n) is 2.61. The van der Waals surface area contributed by atoms with Crippen molar-refractivity contribution in [2.45, 2.75) is 25.7 Å². The predicted molar refractivity (Wildman–Crippen MR) is 99.1 cm³/mol. The van der Waals surface area contributed by atoms with Crippen molar-refractivity contribution in [2.75, 3.05) is 7.11 Å². The van der Waals surface area contributed by atoms with Gasteiger partial charge in [0.2, 0.25) is 0 Å². The molecule has 3 aromatic rings. The number of alkyl halides is 3. The second-order valence-corrected chi connectivity index (χ2v) is 6.32. The highest BCUT2D eigenvalue weighted by molar-refractivity contribution is 5.92. The van der Waals surface area contributed by atoms with Gasteiger partial charge in [0, 0.05) is 12.3 Å². The van der Waals surface area contributed by atoms with E-state index in [9.17, 15) is 18.0 Å². The molecule has 0 aliphatic carbocycles. The maximum Gasteiger partial charge on any atom is 0.414 e. The second kappa shape index (κ2) is 8.85. The summed E-state index contributed by atoms with van der Waals surface area (Å²) < 4.78 is 55.9. The summed E-state index contributed by atoms with van der Waals surface area (Å²) in [7, 11) is 1.50. The van der Waals surface area contributed by atoms with E-state index in [-0.39, 0.29) is 23.8 Å². The minimum atomic E-state index is -4.73. The highest BCUT2D eigenvalue weighted by Gasteiger charge is 2.43. The summed E-state index contributed by atoms with van der Waals surface area (Å²) in [5.74, 6) is 0.0590. The molecule has 0 fully saturated rings. The van der Waals surface area contributed by atoms with E-state index in [0.29, 0.717) is 11.5 Å². The number of aromatic nitrogens is 2. The average Bonchev–Trinajstić information content (AvgIpc) is 3.19. The van der Waals surface area contributed by atoms with Crippen LogP contribution in [0.5, 0.6) is 11.5 Å². The monoisotopic (exact) mass is 421 g/mol. The first-order valence-corrected chi connectivity index (χ1v) is 8.79. The Kier molecular flexibility index (Phi) is 6.24. The molecule has 1 aromatic carbocycles. The average molecular weight is 421 g/mol. The summed E-state index contributed by atoms with van der Waals surface area (Å²) in [6, 6.07) is 8.30. The fourth-order valence-corrected chi connectivity index (χ4v) is 2.61. The van der Waals surface area contributed by atoms with Crippen LogP contribution in [-0.4, -0.2) is 29.3 Å². The number of carbonyl (C=O) groups excluding carboxylic acids is 1. The zero-order valence-electron chi connectivity index (χ0n) is 16.1. The summed E-state index contributed by atoms with van der Waals surface area (Å²) in [5, 5.41) is 5.42. The van der Waals surface area contributed by atoms with Gasteiger partial charge in [-0.2, -0.15) is 13.2 Å². The lowest BCUT2D eigenvalue weighted by Crippen LogP contribution is -2.38. The Labute approximate surface area is 169 Å². The minimum Gasteiger partial charge on any atom is -0.493 e. The first-order valence-electron chi connectivity index (χ1n) is 8.79. The molecule has 2 aromatic heterocycles. The number of methoxy groups -OCH3 is 1. The number of rotatable bonds is 7. The lowest BCUT2D eigenvalue weighted by molar-refractivity contribution is -0.156. The van der Waals surface area contributed by atoms with Gasteiger partial charge in [0.05, 0.1) is 12.8 Å². The number of hydrogen-bond donors (Lipinski definition) is 1. The number of halogens is 3. The summed E-state index contributed by atoms with van der Waals surface area (Å²) in [6.45, 7) is 1.80. The van der Waals surface area contributed by atoms with E-state index in [4.69, 9.17) is 14.0 Å². The van der Waals surface area contributed by atoms with Crippen LogP contribution in [0.4, 0.5) is 13.2 Å². The topological polar surface area (TPSA) is 86.5 Å². The van der Waals surface area contributed by atoms with E-state index in [1.807, 2.05) is 18.3 Å². The third-order valence-electron chi connectivity index (χ3n) is 4.07. The van der Waals surface area contributed by atoms with Crippen LogP contribution in [0.15, 0.2) is 53.2 Å². The van der Waals surface area contributed by atoms with Gasteiger partial charge in [0.1, 0.15) is 6.61 Å². The third kappa shape index (κ3) is 5.07. The third-order valence-corrected chi connectivity index (χ3v) is 4.07. The van der Waals surface area contributed by atoms with Crippen LogP contribution in [0.25, 0.3) is 0 Å². The number of nitrogens with one attached hydrogen (secondary N) is 1. The molecule has 0 saturated carbocycles. The molecule has 0 aliphatic heterocycles. The van der Waals surface area contributed by atoms with Crippen molar-refractivity contribution in [3.8, 4) is 11.5 Å². The molecular formula is C20H18F3N3O4. The van der Waals surface area contributed by atoms with Crippen LogP contribution < -0.4 is 14.8 Å². The number of ether oxygens (including phenoxy) is 2. The Morgan fingerprint density at radius 1 is 1.20 bits per heavy atom. The van der Waals surface area contributed by atoms with Crippen molar-refractivity contribution in [2.24, 2.45) is 0 Å². The van der Waals surface area contributed by atoms with Crippen LogP contribution in [-0.2, 0) is 6.61 Å². The van der Waals surface area contributed by atoms with Crippen molar-refractivity contribution >= 4 is 5.91 Å². The largest absolute Gasteiger partial charge is 0.493 e. The molecule has 158 valence electrons. The molecule has 30 heavy (non-hydrogen) atoms. The first-order chi connectivity index (χ1) is 14.3. The van der Waals surface area contributed by atoms with Gasteiger partial charge in [-0.1, -0.05) is 17.3 Å². The van der Waals surface area contributed by atoms with E-state index < -0.39 is 18.1 Å². The molecule has 0 bridgehead atoms. The Morgan fingerprint density at radius 2 is 2.00 bits per heavy atom. The molecule has 1 N–H and O–H groups in total. The van der Waals surface area contributed by atoms with Crippen molar-refractivity contribution in [3.05, 3.63) is 71.4 Å². The lowest BCUT2D eigenvalue weighted by atomic mass is 10.1. The zero-order valence-corrected chi connectivity index (χ0v) is 16.1. The molecule has 0 spiro atoms. The number of carbonyl (C=O) groups is 1. The van der Waals surface area contributed by atoms with Gasteiger partial charge in [0.25, 0.3) is 5.91 Å². The lowest BCUT2D eigenvalue weighted by Gasteiger charge is -2.20. The first kappa shape index (κ1) is 21.2. The number of hydrogen-bond acceptors (Lipinski definition) is 6. The zero-order chi connectivity index (χ0) is 21.7. The Morgan fingerprint density at radius 3 is 2.67 bits per heavy atom. The van der Waals surface area contributed by atoms with Crippen LogP contribution in [0.2, 0.25) is 0 Å². The Hall–Kier alpha value is -3.56. The van der Waals surface area contributed by atoms with Crippen LogP contribution in [0, 0.1) is 6.92 Å². The van der Waals surface area contributed by atoms with Gasteiger partial charge >= 0.3 is 6.18 Å².